The van der Waals surface area contributed by atoms with Gasteiger partial charge in [0.25, 0.3) is 0 Å². The molecule has 0 aromatic heterocycles. The molecule has 0 saturated carbocycles. The van der Waals surface area contributed by atoms with Crippen molar-refractivity contribution >= 4 is 11.8 Å². The second-order valence-electron chi connectivity index (χ2n) is 4.72. The predicted octanol–water partition coefficient (Wildman–Crippen LogP) is 4.45. The first kappa shape index (κ1) is 14.1. The molecule has 0 unspecified atom stereocenters. The topological polar surface area (TPSA) is 26.0 Å². The van der Waals surface area contributed by atoms with Crippen molar-refractivity contribution in [1.82, 2.24) is 0 Å². The first-order valence-corrected chi connectivity index (χ1v) is 7.29. The number of hydrogen-bond acceptors (Lipinski definition) is 2. The molecule has 1 atom stereocenters. The maximum Gasteiger partial charge on any atom is 0.129 e. The average molecular weight is 275 g/mol. The lowest BCUT2D eigenvalue weighted by molar-refractivity contribution is 0.585. The lowest BCUT2D eigenvalue weighted by Crippen LogP contribution is -2.09. The van der Waals surface area contributed by atoms with Crippen molar-refractivity contribution in [3.05, 3.63) is 65.0 Å². The van der Waals surface area contributed by atoms with Crippen LogP contribution in [0.2, 0.25) is 0 Å². The largest absolute Gasteiger partial charge is 0.324 e. The van der Waals surface area contributed by atoms with Gasteiger partial charge in [-0.2, -0.15) is 0 Å². The van der Waals surface area contributed by atoms with E-state index in [9.17, 15) is 4.39 Å². The summed E-state index contributed by atoms with van der Waals surface area (Å²) in [5.41, 5.74) is 8.95. The molecule has 2 N–H and O–H groups in total. The number of halogens is 1. The van der Waals surface area contributed by atoms with Crippen LogP contribution in [0.4, 0.5) is 4.39 Å². The van der Waals surface area contributed by atoms with Crippen molar-refractivity contribution in [2.75, 3.05) is 0 Å². The number of aryl methyl sites for hydroxylation is 1. The Labute approximate surface area is 118 Å². The molecule has 0 aliphatic rings. The zero-order valence-corrected chi connectivity index (χ0v) is 12.0. The van der Waals surface area contributed by atoms with Crippen LogP contribution in [-0.4, -0.2) is 0 Å². The van der Waals surface area contributed by atoms with E-state index in [1.807, 2.05) is 19.1 Å². The number of benzene rings is 2. The highest BCUT2D eigenvalue weighted by Gasteiger charge is 2.12. The molecule has 0 radical (unpaired) electrons. The molecule has 2 aromatic carbocycles. The summed E-state index contributed by atoms with van der Waals surface area (Å²) >= 11 is 1.63. The Bertz CT molecular complexity index is 566. The highest BCUT2D eigenvalue weighted by molar-refractivity contribution is 7.98. The van der Waals surface area contributed by atoms with E-state index >= 15 is 0 Å². The Morgan fingerprint density at radius 1 is 1.21 bits per heavy atom. The maximum atomic E-state index is 13.8. The summed E-state index contributed by atoms with van der Waals surface area (Å²) in [4.78, 5) is 0.927. The SMILES string of the molecule is Cc1cccc(CSc2cccc(F)c2[C@@H](C)N)c1. The van der Waals surface area contributed by atoms with Crippen molar-refractivity contribution in [2.24, 2.45) is 5.73 Å². The van der Waals surface area contributed by atoms with Gasteiger partial charge < -0.3 is 5.73 Å². The molecular formula is C16H18FNS. The molecule has 1 nitrogen and oxygen atoms in total. The first-order valence-electron chi connectivity index (χ1n) is 6.30. The van der Waals surface area contributed by atoms with Gasteiger partial charge in [0.1, 0.15) is 5.82 Å². The van der Waals surface area contributed by atoms with E-state index in [1.165, 1.54) is 17.2 Å². The van der Waals surface area contributed by atoms with Gasteiger partial charge in [-0.15, -0.1) is 11.8 Å². The van der Waals surface area contributed by atoms with Crippen molar-refractivity contribution in [1.29, 1.82) is 0 Å². The maximum absolute atomic E-state index is 13.8. The van der Waals surface area contributed by atoms with Crippen molar-refractivity contribution in [3.8, 4) is 0 Å². The van der Waals surface area contributed by atoms with Crippen LogP contribution in [0.5, 0.6) is 0 Å². The molecule has 0 bridgehead atoms. The van der Waals surface area contributed by atoms with Crippen molar-refractivity contribution in [3.63, 3.8) is 0 Å². The molecule has 0 fully saturated rings. The van der Waals surface area contributed by atoms with Gasteiger partial charge in [0.05, 0.1) is 0 Å². The summed E-state index contributed by atoms with van der Waals surface area (Å²) < 4.78 is 13.8. The number of nitrogens with two attached hydrogens (primary N) is 1. The minimum Gasteiger partial charge on any atom is -0.324 e. The lowest BCUT2D eigenvalue weighted by atomic mass is 10.1. The molecule has 0 saturated heterocycles. The van der Waals surface area contributed by atoms with Gasteiger partial charge in [0, 0.05) is 22.3 Å². The van der Waals surface area contributed by atoms with Gasteiger partial charge in [-0.1, -0.05) is 35.9 Å². The first-order chi connectivity index (χ1) is 9.08. The van der Waals surface area contributed by atoms with Gasteiger partial charge in [0.2, 0.25) is 0 Å². The quantitative estimate of drug-likeness (QED) is 0.834. The standard InChI is InChI=1S/C16H18FNS/c1-11-5-3-6-13(9-11)10-19-15-8-4-7-14(17)16(15)12(2)18/h3-9,12H,10,18H2,1-2H3/t12-/m1/s1. The fourth-order valence-electron chi connectivity index (χ4n) is 2.05. The van der Waals surface area contributed by atoms with Crippen LogP contribution in [-0.2, 0) is 5.75 Å². The molecule has 2 rings (SSSR count). The van der Waals surface area contributed by atoms with Crippen LogP contribution in [0.25, 0.3) is 0 Å². The molecule has 0 aliphatic carbocycles. The van der Waals surface area contributed by atoms with Crippen LogP contribution < -0.4 is 5.73 Å². The predicted molar refractivity (Wildman–Crippen MR) is 79.7 cm³/mol. The minimum absolute atomic E-state index is 0.218. The highest BCUT2D eigenvalue weighted by Crippen LogP contribution is 2.31. The second-order valence-corrected chi connectivity index (χ2v) is 5.74. The molecule has 2 aromatic rings. The summed E-state index contributed by atoms with van der Waals surface area (Å²) in [6.45, 7) is 3.89. The number of hydrogen-bond donors (Lipinski definition) is 1. The van der Waals surface area contributed by atoms with Crippen LogP contribution in [0, 0.1) is 12.7 Å². The van der Waals surface area contributed by atoms with E-state index in [-0.39, 0.29) is 11.9 Å². The van der Waals surface area contributed by atoms with E-state index in [0.29, 0.717) is 5.56 Å². The fraction of sp³-hybridized carbons (Fsp3) is 0.250. The number of thioether (sulfide) groups is 1. The molecule has 0 spiro atoms. The smallest absolute Gasteiger partial charge is 0.129 e. The Balaban J connectivity index is 2.18. The van der Waals surface area contributed by atoms with Crippen molar-refractivity contribution < 1.29 is 4.39 Å². The summed E-state index contributed by atoms with van der Waals surface area (Å²) in [5, 5.41) is 0. The summed E-state index contributed by atoms with van der Waals surface area (Å²) in [7, 11) is 0. The summed E-state index contributed by atoms with van der Waals surface area (Å²) in [5.74, 6) is 0.606. The van der Waals surface area contributed by atoms with Crippen LogP contribution in [0.3, 0.4) is 0 Å². The molecule has 19 heavy (non-hydrogen) atoms. The normalized spacial score (nSPS) is 12.4. The Morgan fingerprint density at radius 3 is 2.63 bits per heavy atom. The Hall–Kier alpha value is -1.32. The van der Waals surface area contributed by atoms with E-state index in [2.05, 4.69) is 25.1 Å². The van der Waals surface area contributed by atoms with E-state index in [4.69, 9.17) is 5.73 Å². The van der Waals surface area contributed by atoms with E-state index in [0.717, 1.165) is 10.6 Å². The Morgan fingerprint density at radius 2 is 1.95 bits per heavy atom. The summed E-state index contributed by atoms with van der Waals surface area (Å²) in [6, 6.07) is 13.2. The molecular weight excluding hydrogens is 257 g/mol. The molecule has 3 heteroatoms. The third kappa shape index (κ3) is 3.58. The fourth-order valence-corrected chi connectivity index (χ4v) is 3.16. The monoisotopic (exact) mass is 275 g/mol. The average Bonchev–Trinajstić information content (AvgIpc) is 2.36. The molecule has 100 valence electrons. The van der Waals surface area contributed by atoms with Gasteiger partial charge in [-0.05, 0) is 31.5 Å². The minimum atomic E-state index is -0.291. The second kappa shape index (κ2) is 6.22. The van der Waals surface area contributed by atoms with Gasteiger partial charge in [0.15, 0.2) is 0 Å². The lowest BCUT2D eigenvalue weighted by Gasteiger charge is -2.13. The van der Waals surface area contributed by atoms with Gasteiger partial charge in [-0.25, -0.2) is 4.39 Å². The Kier molecular flexibility index (Phi) is 4.61. The van der Waals surface area contributed by atoms with Crippen LogP contribution in [0.15, 0.2) is 47.4 Å². The van der Waals surface area contributed by atoms with Crippen LogP contribution >= 0.6 is 11.8 Å². The summed E-state index contributed by atoms with van der Waals surface area (Å²) in [6.07, 6.45) is 0. The van der Waals surface area contributed by atoms with E-state index in [1.54, 1.807) is 17.8 Å². The zero-order valence-electron chi connectivity index (χ0n) is 11.2. The highest BCUT2D eigenvalue weighted by atomic mass is 32.2. The molecule has 0 heterocycles. The zero-order chi connectivity index (χ0) is 13.8. The van der Waals surface area contributed by atoms with Crippen molar-refractivity contribution in [2.45, 2.75) is 30.5 Å². The van der Waals surface area contributed by atoms with Gasteiger partial charge >= 0.3 is 0 Å². The molecule has 0 amide bonds. The third-order valence-corrected chi connectivity index (χ3v) is 4.09. The van der Waals surface area contributed by atoms with Gasteiger partial charge in [-0.3, -0.25) is 0 Å². The third-order valence-electron chi connectivity index (χ3n) is 2.95. The number of rotatable bonds is 4. The molecule has 0 aliphatic heterocycles. The van der Waals surface area contributed by atoms with Crippen LogP contribution in [0.1, 0.15) is 29.7 Å². The van der Waals surface area contributed by atoms with E-state index < -0.39 is 0 Å².